The molecule has 0 saturated carbocycles. The number of carbonyl (C=O) groups is 2. The van der Waals surface area contributed by atoms with E-state index in [-0.39, 0.29) is 36.2 Å². The van der Waals surface area contributed by atoms with Gasteiger partial charge in [0.2, 0.25) is 5.91 Å². The number of nitrogens with one attached hydrogen (secondary N) is 2. The first-order valence-electron chi connectivity index (χ1n) is 7.64. The van der Waals surface area contributed by atoms with Gasteiger partial charge in [0.05, 0.1) is 0 Å². The summed E-state index contributed by atoms with van der Waals surface area (Å²) in [7, 11) is 3.66. The number of hydrogen-bond acceptors (Lipinski definition) is 3. The van der Waals surface area contributed by atoms with Gasteiger partial charge in [-0.05, 0) is 31.7 Å². The minimum Gasteiger partial charge on any atom is -0.350 e. The molecule has 1 atom stereocenters. The minimum absolute atomic E-state index is 0. The van der Waals surface area contributed by atoms with Gasteiger partial charge in [-0.3, -0.25) is 9.59 Å². The number of amides is 2. The summed E-state index contributed by atoms with van der Waals surface area (Å²) in [6.45, 7) is 6.92. The highest BCUT2D eigenvalue weighted by Crippen LogP contribution is 2.09. The Morgan fingerprint density at radius 2 is 1.70 bits per heavy atom. The zero-order valence-corrected chi connectivity index (χ0v) is 15.4. The highest BCUT2D eigenvalue weighted by molar-refractivity contribution is 5.94. The van der Waals surface area contributed by atoms with Crippen LogP contribution in [0.1, 0.15) is 36.7 Å². The van der Waals surface area contributed by atoms with Crippen LogP contribution in [0.3, 0.4) is 0 Å². The second-order valence-corrected chi connectivity index (χ2v) is 5.95. The Morgan fingerprint density at radius 3 is 2.17 bits per heavy atom. The molecule has 6 heteroatoms. The van der Waals surface area contributed by atoms with E-state index in [0.29, 0.717) is 18.7 Å². The second-order valence-electron chi connectivity index (χ2n) is 5.95. The third kappa shape index (κ3) is 7.01. The van der Waals surface area contributed by atoms with E-state index in [9.17, 15) is 9.59 Å². The van der Waals surface area contributed by atoms with Crippen molar-refractivity contribution in [3.8, 4) is 0 Å². The summed E-state index contributed by atoms with van der Waals surface area (Å²) in [6.07, 6.45) is 0. The summed E-state index contributed by atoms with van der Waals surface area (Å²) < 4.78 is 0. The fourth-order valence-electron chi connectivity index (χ4n) is 2.00. The number of rotatable bonds is 7. The van der Waals surface area contributed by atoms with Gasteiger partial charge in [-0.2, -0.15) is 0 Å². The number of carbonyl (C=O) groups excluding carboxylic acids is 2. The Bertz CT molecular complexity index is 503. The molecule has 2 N–H and O–H groups in total. The lowest BCUT2D eigenvalue weighted by molar-refractivity contribution is -0.133. The third-order valence-electron chi connectivity index (χ3n) is 3.57. The van der Waals surface area contributed by atoms with Crippen molar-refractivity contribution < 1.29 is 9.59 Å². The minimum atomic E-state index is -0.0831. The fraction of sp³-hybridized carbons (Fsp3) is 0.529. The van der Waals surface area contributed by atoms with E-state index in [0.717, 1.165) is 5.56 Å². The molecule has 0 aliphatic rings. The molecule has 0 radical (unpaired) electrons. The molecule has 2 amide bonds. The van der Waals surface area contributed by atoms with Crippen LogP contribution in [-0.4, -0.2) is 43.4 Å². The lowest BCUT2D eigenvalue weighted by Gasteiger charge is -2.19. The molecule has 0 spiro atoms. The molecule has 0 fully saturated rings. The van der Waals surface area contributed by atoms with Crippen molar-refractivity contribution >= 4 is 24.2 Å². The number of benzene rings is 1. The van der Waals surface area contributed by atoms with Crippen molar-refractivity contribution in [2.75, 3.05) is 20.6 Å². The van der Waals surface area contributed by atoms with Crippen LogP contribution in [0.15, 0.2) is 24.3 Å². The molecule has 130 valence electrons. The molecule has 1 aromatic carbocycles. The zero-order valence-electron chi connectivity index (χ0n) is 14.6. The first kappa shape index (κ1) is 21.4. The van der Waals surface area contributed by atoms with Crippen molar-refractivity contribution in [1.29, 1.82) is 0 Å². The molecule has 23 heavy (non-hydrogen) atoms. The van der Waals surface area contributed by atoms with E-state index in [1.54, 1.807) is 24.1 Å². The summed E-state index contributed by atoms with van der Waals surface area (Å²) >= 11 is 0. The molecule has 0 aliphatic carbocycles. The molecule has 0 saturated heterocycles. The van der Waals surface area contributed by atoms with Crippen molar-refractivity contribution in [1.82, 2.24) is 15.5 Å². The largest absolute Gasteiger partial charge is 0.350 e. The van der Waals surface area contributed by atoms with E-state index in [2.05, 4.69) is 10.6 Å². The number of halogens is 1. The van der Waals surface area contributed by atoms with Gasteiger partial charge in [0.15, 0.2) is 0 Å². The standard InChI is InChI=1S/C17H27N3O2.ClH/c1-12(2)17(22)20(5)11-14-6-8-15(9-7-14)16(21)19-10-13(3)18-4;/h6-9,12-13,18H,10-11H2,1-5H3,(H,19,21);1H. The molecule has 0 heterocycles. The van der Waals surface area contributed by atoms with Crippen LogP contribution >= 0.6 is 12.4 Å². The predicted octanol–water partition coefficient (Wildman–Crippen LogP) is 2.06. The van der Waals surface area contributed by atoms with Gasteiger partial charge in [-0.25, -0.2) is 0 Å². The molecule has 0 bridgehead atoms. The van der Waals surface area contributed by atoms with E-state index >= 15 is 0 Å². The van der Waals surface area contributed by atoms with Crippen LogP contribution in [0.25, 0.3) is 0 Å². The normalized spacial score (nSPS) is 11.6. The summed E-state index contributed by atoms with van der Waals surface area (Å²) in [5.41, 5.74) is 1.64. The highest BCUT2D eigenvalue weighted by Gasteiger charge is 2.13. The molecule has 0 aromatic heterocycles. The molecular formula is C17H28ClN3O2. The average Bonchev–Trinajstić information content (AvgIpc) is 2.51. The smallest absolute Gasteiger partial charge is 0.251 e. The Morgan fingerprint density at radius 1 is 1.13 bits per heavy atom. The van der Waals surface area contributed by atoms with Gasteiger partial charge in [0, 0.05) is 37.7 Å². The van der Waals surface area contributed by atoms with Crippen molar-refractivity contribution in [3.05, 3.63) is 35.4 Å². The number of nitrogens with zero attached hydrogens (tertiary/aromatic N) is 1. The van der Waals surface area contributed by atoms with E-state index in [4.69, 9.17) is 0 Å². The topological polar surface area (TPSA) is 61.4 Å². The summed E-state index contributed by atoms with van der Waals surface area (Å²) in [4.78, 5) is 25.6. The Labute approximate surface area is 145 Å². The molecule has 1 rings (SSSR count). The molecule has 1 aromatic rings. The van der Waals surface area contributed by atoms with Gasteiger partial charge in [0.1, 0.15) is 0 Å². The lowest BCUT2D eigenvalue weighted by atomic mass is 10.1. The predicted molar refractivity (Wildman–Crippen MR) is 95.9 cm³/mol. The monoisotopic (exact) mass is 341 g/mol. The van der Waals surface area contributed by atoms with Gasteiger partial charge < -0.3 is 15.5 Å². The van der Waals surface area contributed by atoms with Gasteiger partial charge >= 0.3 is 0 Å². The average molecular weight is 342 g/mol. The first-order valence-corrected chi connectivity index (χ1v) is 7.64. The number of hydrogen-bond donors (Lipinski definition) is 2. The van der Waals surface area contributed by atoms with Crippen molar-refractivity contribution in [2.24, 2.45) is 5.92 Å². The van der Waals surface area contributed by atoms with Crippen LogP contribution in [0.2, 0.25) is 0 Å². The number of likely N-dealkylation sites (N-methyl/N-ethyl adjacent to an activating group) is 1. The van der Waals surface area contributed by atoms with Gasteiger partial charge in [-0.1, -0.05) is 26.0 Å². The quantitative estimate of drug-likeness (QED) is 0.798. The lowest BCUT2D eigenvalue weighted by Crippen LogP contribution is -2.37. The van der Waals surface area contributed by atoms with Crippen LogP contribution in [-0.2, 0) is 11.3 Å². The Kier molecular flexibility index (Phi) is 9.53. The van der Waals surface area contributed by atoms with E-state index < -0.39 is 0 Å². The maximum Gasteiger partial charge on any atom is 0.251 e. The van der Waals surface area contributed by atoms with E-state index in [1.165, 1.54) is 0 Å². The Hall–Kier alpha value is -1.59. The molecule has 1 unspecified atom stereocenters. The van der Waals surface area contributed by atoms with E-state index in [1.807, 2.05) is 40.0 Å². The SMILES string of the molecule is CNC(C)CNC(=O)c1ccc(CN(C)C(=O)C(C)C)cc1.Cl. The first-order chi connectivity index (χ1) is 10.3. The summed E-state index contributed by atoms with van der Waals surface area (Å²) in [6, 6.07) is 7.60. The summed E-state index contributed by atoms with van der Waals surface area (Å²) in [5.74, 6) is 0.0207. The van der Waals surface area contributed by atoms with Crippen LogP contribution in [0.4, 0.5) is 0 Å². The summed E-state index contributed by atoms with van der Waals surface area (Å²) in [5, 5.41) is 5.95. The maximum absolute atomic E-state index is 12.0. The molecule has 0 aliphatic heterocycles. The maximum atomic E-state index is 12.0. The van der Waals surface area contributed by atoms with Gasteiger partial charge in [0.25, 0.3) is 5.91 Å². The van der Waals surface area contributed by atoms with Crippen LogP contribution in [0, 0.1) is 5.92 Å². The van der Waals surface area contributed by atoms with Crippen LogP contribution < -0.4 is 10.6 Å². The molecular weight excluding hydrogens is 314 g/mol. The molecule has 5 nitrogen and oxygen atoms in total. The highest BCUT2D eigenvalue weighted by atomic mass is 35.5. The van der Waals surface area contributed by atoms with Crippen LogP contribution in [0.5, 0.6) is 0 Å². The van der Waals surface area contributed by atoms with Crippen molar-refractivity contribution in [3.63, 3.8) is 0 Å². The second kappa shape index (κ2) is 10.2. The van der Waals surface area contributed by atoms with Crippen molar-refractivity contribution in [2.45, 2.75) is 33.4 Å². The Balaban J connectivity index is 0.00000484. The van der Waals surface area contributed by atoms with Gasteiger partial charge in [-0.15, -0.1) is 12.4 Å². The zero-order chi connectivity index (χ0) is 16.7. The third-order valence-corrected chi connectivity index (χ3v) is 3.57. The fourth-order valence-corrected chi connectivity index (χ4v) is 2.00.